The van der Waals surface area contributed by atoms with Gasteiger partial charge in [0, 0.05) is 36.8 Å². The van der Waals surface area contributed by atoms with E-state index in [0.29, 0.717) is 56.3 Å². The summed E-state index contributed by atoms with van der Waals surface area (Å²) in [6, 6.07) is 8.67. The third-order valence-corrected chi connectivity index (χ3v) is 11.4. The van der Waals surface area contributed by atoms with E-state index in [2.05, 4.69) is 16.0 Å². The van der Waals surface area contributed by atoms with Gasteiger partial charge in [-0.15, -0.1) is 0 Å². The van der Waals surface area contributed by atoms with E-state index in [1.807, 2.05) is 13.8 Å². The van der Waals surface area contributed by atoms with Gasteiger partial charge in [0.2, 0.25) is 15.9 Å². The number of carbonyl (C=O) groups excluding carboxylic acids is 2. The maximum Gasteiger partial charge on any atom is 0.407 e. The van der Waals surface area contributed by atoms with Gasteiger partial charge in [0.05, 0.1) is 25.1 Å². The van der Waals surface area contributed by atoms with Crippen molar-refractivity contribution in [2.75, 3.05) is 31.3 Å². The summed E-state index contributed by atoms with van der Waals surface area (Å²) >= 11 is 0. The molecule has 5 rings (SSSR count). The van der Waals surface area contributed by atoms with E-state index in [9.17, 15) is 26.8 Å². The topological polar surface area (TPSA) is 126 Å². The molecule has 252 valence electrons. The maximum atomic E-state index is 14.6. The number of nitrogens with zero attached hydrogens (tertiary/aromatic N) is 1. The summed E-state index contributed by atoms with van der Waals surface area (Å²) in [5, 5.41) is 9.02. The first-order valence-corrected chi connectivity index (χ1v) is 17.6. The summed E-state index contributed by atoms with van der Waals surface area (Å²) in [5.41, 5.74) is 1.52. The van der Waals surface area contributed by atoms with Gasteiger partial charge in [-0.25, -0.2) is 22.0 Å². The number of aryl methyl sites for hydroxylation is 1. The van der Waals surface area contributed by atoms with Crippen LogP contribution in [0.25, 0.3) is 0 Å². The summed E-state index contributed by atoms with van der Waals surface area (Å²) in [6.45, 7) is 4.84. The molecule has 13 heteroatoms. The molecular formula is C33H44F2N4O6S. The predicted octanol–water partition coefficient (Wildman–Crippen LogP) is 4.31. The van der Waals surface area contributed by atoms with Crippen molar-refractivity contribution in [1.29, 1.82) is 0 Å². The Morgan fingerprint density at radius 1 is 1.09 bits per heavy atom. The van der Waals surface area contributed by atoms with Gasteiger partial charge in [-0.2, -0.15) is 4.31 Å². The number of alkyl carbamates (subject to hydrolysis) is 1. The number of amides is 2. The third kappa shape index (κ3) is 8.23. The third-order valence-electron chi connectivity index (χ3n) is 9.44. The van der Waals surface area contributed by atoms with E-state index < -0.39 is 45.6 Å². The lowest BCUT2D eigenvalue weighted by Crippen LogP contribution is -2.57. The smallest absolute Gasteiger partial charge is 0.407 e. The number of carbonyl (C=O) groups is 2. The average Bonchev–Trinajstić information content (AvgIpc) is 3.12. The fraction of sp³-hybridized carbons (Fsp3) is 0.576. The fourth-order valence-corrected chi connectivity index (χ4v) is 9.14. The Labute approximate surface area is 269 Å². The van der Waals surface area contributed by atoms with Crippen LogP contribution in [0.2, 0.25) is 0 Å². The number of methoxy groups -OCH3 is 1. The number of sulfonamides is 1. The molecule has 3 aliphatic heterocycles. The van der Waals surface area contributed by atoms with E-state index in [-0.39, 0.29) is 41.6 Å². The van der Waals surface area contributed by atoms with Crippen LogP contribution in [0.4, 0.5) is 19.3 Å². The fourth-order valence-electron chi connectivity index (χ4n) is 7.34. The number of rotatable bonds is 9. The van der Waals surface area contributed by atoms with Gasteiger partial charge in [-0.05, 0) is 93.7 Å². The lowest BCUT2D eigenvalue weighted by molar-refractivity contribution is -0.120. The molecule has 3 fully saturated rings. The molecule has 0 spiro atoms. The van der Waals surface area contributed by atoms with Crippen molar-refractivity contribution in [2.24, 2.45) is 5.92 Å². The molecule has 46 heavy (non-hydrogen) atoms. The van der Waals surface area contributed by atoms with Crippen LogP contribution in [0, 0.1) is 17.6 Å². The van der Waals surface area contributed by atoms with Crippen molar-refractivity contribution < 1.29 is 36.3 Å². The van der Waals surface area contributed by atoms with Crippen molar-refractivity contribution in [3.05, 3.63) is 65.2 Å². The lowest BCUT2D eigenvalue weighted by Gasteiger charge is -2.40. The van der Waals surface area contributed by atoms with Crippen LogP contribution in [0.3, 0.4) is 0 Å². The SMILES string of the molecule is COC(=O)NC(C(=O)Nc1cc(F)ccc1CC[C@H]1CN[C@@H]2CCCS(=O)(=O)N1C2)[C@@H](c1ccc(F)cc1)C1C[C@@H](C)O[C@@H](C)C1. The first-order chi connectivity index (χ1) is 21.9. The first-order valence-electron chi connectivity index (χ1n) is 16.0. The standard InChI is InChI=1S/C33H44F2N4O6S/c1-20-15-24(16-21(2)45-20)30(23-7-10-25(34)11-8-23)31(38-33(41)44-3)32(40)37-29-17-26(35)12-6-22(29)9-13-28-18-36-27-5-4-14-46(42,43)39(28)19-27/h6-8,10-12,17,20-21,24,27-28,30-31,36H,4-5,9,13-16,18-19H2,1-3H3,(H,37,40)(H,38,41)/t20-,21+,24?,27-,28+,30+,31?/m1/s1. The average molecular weight is 663 g/mol. The van der Waals surface area contributed by atoms with Crippen molar-refractivity contribution in [1.82, 2.24) is 14.9 Å². The second-order valence-corrected chi connectivity index (χ2v) is 14.8. The minimum atomic E-state index is -3.38. The largest absolute Gasteiger partial charge is 0.453 e. The van der Waals surface area contributed by atoms with E-state index >= 15 is 0 Å². The monoisotopic (exact) mass is 662 g/mol. The molecule has 2 aromatic carbocycles. The van der Waals surface area contributed by atoms with Crippen LogP contribution in [0.15, 0.2) is 42.5 Å². The van der Waals surface area contributed by atoms with Gasteiger partial charge >= 0.3 is 6.09 Å². The van der Waals surface area contributed by atoms with Crippen LogP contribution < -0.4 is 16.0 Å². The molecule has 2 aromatic rings. The number of nitrogens with one attached hydrogen (secondary N) is 3. The number of benzene rings is 2. The Morgan fingerprint density at radius 2 is 1.78 bits per heavy atom. The van der Waals surface area contributed by atoms with Gasteiger partial charge in [-0.1, -0.05) is 18.2 Å². The number of ether oxygens (including phenoxy) is 2. The molecule has 0 radical (unpaired) electrons. The van der Waals surface area contributed by atoms with Crippen LogP contribution in [0.1, 0.15) is 63.0 Å². The number of halogens is 2. The molecule has 3 unspecified atom stereocenters. The van der Waals surface area contributed by atoms with Gasteiger partial charge in [0.15, 0.2) is 0 Å². The molecule has 0 saturated carbocycles. The Hall–Kier alpha value is -3.13. The van der Waals surface area contributed by atoms with E-state index in [0.717, 1.165) is 6.42 Å². The highest BCUT2D eigenvalue weighted by molar-refractivity contribution is 7.89. The number of hydrogen-bond acceptors (Lipinski definition) is 7. The van der Waals surface area contributed by atoms with Gasteiger partial charge < -0.3 is 25.4 Å². The van der Waals surface area contributed by atoms with Crippen molar-refractivity contribution in [3.63, 3.8) is 0 Å². The van der Waals surface area contributed by atoms with E-state index in [1.54, 1.807) is 22.5 Å². The molecule has 3 aliphatic rings. The minimum Gasteiger partial charge on any atom is -0.453 e. The highest BCUT2D eigenvalue weighted by Crippen LogP contribution is 2.39. The van der Waals surface area contributed by atoms with Crippen LogP contribution >= 0.6 is 0 Å². The van der Waals surface area contributed by atoms with Crippen LogP contribution in [0.5, 0.6) is 0 Å². The molecule has 3 N–H and O–H groups in total. The molecule has 2 bridgehead atoms. The molecule has 3 heterocycles. The Bertz CT molecular complexity index is 1480. The molecule has 0 aliphatic carbocycles. The normalized spacial score (nSPS) is 28.7. The van der Waals surface area contributed by atoms with Crippen LogP contribution in [-0.4, -0.2) is 81.0 Å². The number of anilines is 1. The molecule has 8 atom stereocenters. The van der Waals surface area contributed by atoms with Crippen LogP contribution in [-0.2, 0) is 30.7 Å². The van der Waals surface area contributed by atoms with Crippen molar-refractivity contribution in [3.8, 4) is 0 Å². The Kier molecular flexibility index (Phi) is 11.0. The molecule has 10 nitrogen and oxygen atoms in total. The zero-order valence-corrected chi connectivity index (χ0v) is 27.3. The second kappa shape index (κ2) is 14.7. The molecule has 3 saturated heterocycles. The number of fused-ring (bicyclic) bond motifs is 2. The summed E-state index contributed by atoms with van der Waals surface area (Å²) in [5.74, 6) is -2.17. The lowest BCUT2D eigenvalue weighted by atomic mass is 9.74. The first kappa shape index (κ1) is 34.2. The molecule has 2 amide bonds. The van der Waals surface area contributed by atoms with E-state index in [4.69, 9.17) is 9.47 Å². The quantitative estimate of drug-likeness (QED) is 0.366. The number of hydrogen-bond donors (Lipinski definition) is 3. The van der Waals surface area contributed by atoms with Gasteiger partial charge in [-0.3, -0.25) is 4.79 Å². The maximum absolute atomic E-state index is 14.6. The predicted molar refractivity (Wildman–Crippen MR) is 170 cm³/mol. The summed E-state index contributed by atoms with van der Waals surface area (Å²) in [7, 11) is -2.18. The highest BCUT2D eigenvalue weighted by atomic mass is 32.2. The minimum absolute atomic E-state index is 0.106. The Morgan fingerprint density at radius 3 is 2.48 bits per heavy atom. The van der Waals surface area contributed by atoms with E-state index in [1.165, 1.54) is 31.4 Å². The van der Waals surface area contributed by atoms with Crippen molar-refractivity contribution in [2.45, 2.75) is 88.6 Å². The summed E-state index contributed by atoms with van der Waals surface area (Å²) in [4.78, 5) is 26.8. The van der Waals surface area contributed by atoms with Crippen molar-refractivity contribution >= 4 is 27.7 Å². The van der Waals surface area contributed by atoms with Gasteiger partial charge in [0.1, 0.15) is 17.7 Å². The second-order valence-electron chi connectivity index (χ2n) is 12.8. The summed E-state index contributed by atoms with van der Waals surface area (Å²) in [6.07, 6.45) is 2.43. The molecule has 0 aromatic heterocycles. The number of piperazine rings is 1. The highest BCUT2D eigenvalue weighted by Gasteiger charge is 2.41. The zero-order valence-electron chi connectivity index (χ0n) is 26.5. The Balaban J connectivity index is 1.42. The zero-order chi connectivity index (χ0) is 33.0. The van der Waals surface area contributed by atoms with Gasteiger partial charge in [0.25, 0.3) is 0 Å². The summed E-state index contributed by atoms with van der Waals surface area (Å²) < 4.78 is 67.0. The molecular weight excluding hydrogens is 618 g/mol.